The van der Waals surface area contributed by atoms with Crippen LogP contribution in [-0.2, 0) is 14.8 Å². The fourth-order valence-corrected chi connectivity index (χ4v) is 4.98. The molecule has 0 aromatic heterocycles. The molecule has 7 nitrogen and oxygen atoms in total. The van der Waals surface area contributed by atoms with Crippen LogP contribution in [0, 0.1) is 5.92 Å². The lowest BCUT2D eigenvalue weighted by Gasteiger charge is -2.31. The van der Waals surface area contributed by atoms with E-state index in [1.54, 1.807) is 38.4 Å². The maximum absolute atomic E-state index is 12.9. The first-order valence-corrected chi connectivity index (χ1v) is 11.4. The number of nitrogens with zero attached hydrogens (tertiary/aromatic N) is 2. The summed E-state index contributed by atoms with van der Waals surface area (Å²) in [5.74, 6) is -0.815. The van der Waals surface area contributed by atoms with Crippen molar-refractivity contribution >= 4 is 39.1 Å². The van der Waals surface area contributed by atoms with Gasteiger partial charge in [0.15, 0.2) is 0 Å². The minimum Gasteiger partial charge on any atom is -0.345 e. The molecule has 0 bridgehead atoms. The molecule has 0 radical (unpaired) electrons. The number of hydrogen-bond donors (Lipinski definition) is 1. The van der Waals surface area contributed by atoms with E-state index in [1.807, 2.05) is 0 Å². The van der Waals surface area contributed by atoms with E-state index in [-0.39, 0.29) is 23.3 Å². The third kappa shape index (κ3) is 5.00. The maximum Gasteiger partial charge on any atom is 0.253 e. The Morgan fingerprint density at radius 2 is 1.70 bits per heavy atom. The molecule has 1 N–H and O–H groups in total. The van der Waals surface area contributed by atoms with Crippen LogP contribution in [0.25, 0.3) is 0 Å². The van der Waals surface area contributed by atoms with Gasteiger partial charge in [-0.1, -0.05) is 11.6 Å². The first-order valence-electron chi connectivity index (χ1n) is 9.57. The minimum absolute atomic E-state index is 0.119. The number of piperidine rings is 1. The summed E-state index contributed by atoms with van der Waals surface area (Å²) < 4.78 is 27.1. The molecule has 0 aliphatic carbocycles. The highest BCUT2D eigenvalue weighted by Crippen LogP contribution is 2.25. The van der Waals surface area contributed by atoms with Gasteiger partial charge < -0.3 is 10.2 Å². The number of sulfonamides is 1. The number of carbonyl (C=O) groups excluding carboxylic acids is 2. The number of halogens is 1. The molecule has 2 aromatic carbocycles. The Hall–Kier alpha value is -2.42. The van der Waals surface area contributed by atoms with Gasteiger partial charge in [-0.05, 0) is 61.4 Å². The van der Waals surface area contributed by atoms with E-state index in [4.69, 9.17) is 11.6 Å². The zero-order valence-corrected chi connectivity index (χ0v) is 18.4. The van der Waals surface area contributed by atoms with Gasteiger partial charge in [-0.25, -0.2) is 8.42 Å². The van der Waals surface area contributed by atoms with Crippen LogP contribution in [0.2, 0.25) is 5.02 Å². The van der Waals surface area contributed by atoms with E-state index in [9.17, 15) is 18.0 Å². The molecule has 1 aliphatic rings. The lowest BCUT2D eigenvalue weighted by molar-refractivity contribution is -0.120. The highest BCUT2D eigenvalue weighted by molar-refractivity contribution is 7.89. The Morgan fingerprint density at radius 1 is 1.07 bits per heavy atom. The molecule has 1 saturated heterocycles. The summed E-state index contributed by atoms with van der Waals surface area (Å²) in [7, 11) is -0.346. The standard InChI is InChI=1S/C21H24ClN3O4S/c1-24(2)21(27)15-5-9-18(10-6-15)23-20(26)16-4-3-13-25(14-16)30(28,29)19-11-7-17(22)8-12-19/h5-12,16H,3-4,13-14H2,1-2H3,(H,23,26)/t16-/m1/s1. The van der Waals surface area contributed by atoms with Crippen LogP contribution >= 0.6 is 11.6 Å². The smallest absolute Gasteiger partial charge is 0.253 e. The number of anilines is 1. The molecule has 0 unspecified atom stereocenters. The Balaban J connectivity index is 1.67. The van der Waals surface area contributed by atoms with Gasteiger partial charge in [0.25, 0.3) is 5.91 Å². The summed E-state index contributed by atoms with van der Waals surface area (Å²) in [5, 5.41) is 3.28. The van der Waals surface area contributed by atoms with Crippen molar-refractivity contribution in [3.8, 4) is 0 Å². The van der Waals surface area contributed by atoms with Crippen molar-refractivity contribution in [2.75, 3.05) is 32.5 Å². The number of rotatable bonds is 5. The predicted molar refractivity (Wildman–Crippen MR) is 116 cm³/mol. The van der Waals surface area contributed by atoms with Crippen molar-refractivity contribution < 1.29 is 18.0 Å². The topological polar surface area (TPSA) is 86.8 Å². The van der Waals surface area contributed by atoms with Crippen molar-refractivity contribution in [1.29, 1.82) is 0 Å². The average Bonchev–Trinajstić information content (AvgIpc) is 2.74. The van der Waals surface area contributed by atoms with Crippen molar-refractivity contribution in [3.05, 3.63) is 59.1 Å². The lowest BCUT2D eigenvalue weighted by atomic mass is 9.98. The van der Waals surface area contributed by atoms with Gasteiger partial charge in [-0.2, -0.15) is 4.31 Å². The summed E-state index contributed by atoms with van der Waals surface area (Å²) in [6.07, 6.45) is 1.21. The van der Waals surface area contributed by atoms with E-state index in [0.717, 1.165) is 0 Å². The third-order valence-electron chi connectivity index (χ3n) is 5.01. The molecule has 160 valence electrons. The van der Waals surface area contributed by atoms with Crippen LogP contribution in [0.1, 0.15) is 23.2 Å². The summed E-state index contributed by atoms with van der Waals surface area (Å²) in [5.41, 5.74) is 1.09. The van der Waals surface area contributed by atoms with Crippen LogP contribution in [0.15, 0.2) is 53.4 Å². The monoisotopic (exact) mass is 449 g/mol. The molecule has 1 fully saturated rings. The van der Waals surface area contributed by atoms with Gasteiger partial charge in [0, 0.05) is 43.5 Å². The fourth-order valence-electron chi connectivity index (χ4n) is 3.33. The molecule has 2 amide bonds. The molecule has 3 rings (SSSR count). The highest BCUT2D eigenvalue weighted by Gasteiger charge is 2.33. The minimum atomic E-state index is -3.69. The van der Waals surface area contributed by atoms with Gasteiger partial charge in [0.2, 0.25) is 15.9 Å². The number of carbonyl (C=O) groups is 2. The molecular formula is C21H24ClN3O4S. The van der Waals surface area contributed by atoms with E-state index < -0.39 is 15.9 Å². The summed E-state index contributed by atoms with van der Waals surface area (Å²) in [6.45, 7) is 0.490. The second-order valence-corrected chi connectivity index (χ2v) is 9.80. The number of benzene rings is 2. The normalized spacial score (nSPS) is 17.4. The van der Waals surface area contributed by atoms with Crippen LogP contribution < -0.4 is 5.32 Å². The summed E-state index contributed by atoms with van der Waals surface area (Å²) in [6, 6.07) is 12.6. The third-order valence-corrected chi connectivity index (χ3v) is 7.14. The van der Waals surface area contributed by atoms with Gasteiger partial charge in [0.05, 0.1) is 10.8 Å². The van der Waals surface area contributed by atoms with Crippen LogP contribution in [0.3, 0.4) is 0 Å². The van der Waals surface area contributed by atoms with Crippen LogP contribution in [0.5, 0.6) is 0 Å². The molecule has 2 aromatic rings. The maximum atomic E-state index is 12.9. The van der Waals surface area contributed by atoms with E-state index >= 15 is 0 Å². The molecular weight excluding hydrogens is 426 g/mol. The SMILES string of the molecule is CN(C)C(=O)c1ccc(NC(=O)[C@@H]2CCCN(S(=O)(=O)c3ccc(Cl)cc3)C2)cc1. The molecule has 1 heterocycles. The van der Waals surface area contributed by atoms with E-state index in [1.165, 1.54) is 33.5 Å². The lowest BCUT2D eigenvalue weighted by Crippen LogP contribution is -2.43. The van der Waals surface area contributed by atoms with Crippen LogP contribution in [-0.4, -0.2) is 56.6 Å². The number of hydrogen-bond acceptors (Lipinski definition) is 4. The van der Waals surface area contributed by atoms with E-state index in [0.29, 0.717) is 35.7 Å². The van der Waals surface area contributed by atoms with Crippen molar-refractivity contribution in [2.45, 2.75) is 17.7 Å². The molecule has 1 atom stereocenters. The van der Waals surface area contributed by atoms with Gasteiger partial charge in [0.1, 0.15) is 0 Å². The van der Waals surface area contributed by atoms with Crippen molar-refractivity contribution in [2.24, 2.45) is 5.92 Å². The van der Waals surface area contributed by atoms with Crippen molar-refractivity contribution in [1.82, 2.24) is 9.21 Å². The Bertz CT molecular complexity index is 1020. The second-order valence-electron chi connectivity index (χ2n) is 7.42. The second kappa shape index (κ2) is 9.16. The van der Waals surface area contributed by atoms with Crippen molar-refractivity contribution in [3.63, 3.8) is 0 Å². The first kappa shape index (κ1) is 22.3. The summed E-state index contributed by atoms with van der Waals surface area (Å²) in [4.78, 5) is 26.3. The predicted octanol–water partition coefficient (Wildman–Crippen LogP) is 3.08. The molecule has 0 saturated carbocycles. The highest BCUT2D eigenvalue weighted by atomic mass is 35.5. The Labute approximate surface area is 181 Å². The zero-order chi connectivity index (χ0) is 21.9. The van der Waals surface area contributed by atoms with Gasteiger partial charge in [-0.3, -0.25) is 9.59 Å². The fraction of sp³-hybridized carbons (Fsp3) is 0.333. The number of nitrogens with one attached hydrogen (secondary N) is 1. The van der Waals surface area contributed by atoms with Gasteiger partial charge >= 0.3 is 0 Å². The van der Waals surface area contributed by atoms with E-state index in [2.05, 4.69) is 5.32 Å². The summed E-state index contributed by atoms with van der Waals surface area (Å²) >= 11 is 5.85. The van der Waals surface area contributed by atoms with Crippen LogP contribution in [0.4, 0.5) is 5.69 Å². The largest absolute Gasteiger partial charge is 0.345 e. The molecule has 0 spiro atoms. The molecule has 30 heavy (non-hydrogen) atoms. The average molecular weight is 450 g/mol. The Kier molecular flexibility index (Phi) is 6.80. The molecule has 1 aliphatic heterocycles. The zero-order valence-electron chi connectivity index (χ0n) is 16.8. The quantitative estimate of drug-likeness (QED) is 0.759. The number of amides is 2. The Morgan fingerprint density at radius 3 is 2.30 bits per heavy atom. The molecule has 9 heteroatoms. The first-order chi connectivity index (χ1) is 14.2. The van der Waals surface area contributed by atoms with Gasteiger partial charge in [-0.15, -0.1) is 0 Å².